The maximum absolute atomic E-state index is 11.8. The van der Waals surface area contributed by atoms with E-state index in [0.717, 1.165) is 6.07 Å². The molecule has 0 spiro atoms. The number of ether oxygens (including phenoxy) is 1. The molecule has 2 aromatic rings. The van der Waals surface area contributed by atoms with Crippen molar-refractivity contribution in [3.63, 3.8) is 0 Å². The Labute approximate surface area is 142 Å². The third kappa shape index (κ3) is 4.96. The van der Waals surface area contributed by atoms with Crippen molar-refractivity contribution in [2.45, 2.75) is 6.92 Å². The monoisotopic (exact) mass is 342 g/mol. The van der Waals surface area contributed by atoms with Crippen molar-refractivity contribution in [1.29, 1.82) is 0 Å². The van der Waals surface area contributed by atoms with E-state index in [1.54, 1.807) is 24.3 Å². The summed E-state index contributed by atoms with van der Waals surface area (Å²) in [5.74, 6) is -1.51. The van der Waals surface area contributed by atoms with E-state index in [1.807, 2.05) is 0 Å². The summed E-state index contributed by atoms with van der Waals surface area (Å²) in [6.45, 7) is 0.886. The minimum Gasteiger partial charge on any atom is -0.452 e. The number of esters is 1. The number of Topliss-reactive ketones (excluding diaryl/α,β-unsaturated/α-hetero) is 1. The molecule has 0 saturated heterocycles. The number of rotatable bonds is 6. The number of nitro groups is 1. The highest BCUT2D eigenvalue weighted by Crippen LogP contribution is 2.14. The van der Waals surface area contributed by atoms with Crippen LogP contribution in [0.25, 0.3) is 0 Å². The Morgan fingerprint density at radius 2 is 1.76 bits per heavy atom. The van der Waals surface area contributed by atoms with Crippen molar-refractivity contribution in [3.05, 3.63) is 69.8 Å². The number of nitro benzene ring substituents is 1. The molecule has 2 rings (SSSR count). The van der Waals surface area contributed by atoms with E-state index in [4.69, 9.17) is 4.74 Å². The van der Waals surface area contributed by atoms with Crippen LogP contribution < -0.4 is 5.32 Å². The van der Waals surface area contributed by atoms with E-state index < -0.39 is 23.4 Å². The highest BCUT2D eigenvalue weighted by Gasteiger charge is 2.14. The normalized spacial score (nSPS) is 9.96. The molecule has 2 aromatic carbocycles. The minimum absolute atomic E-state index is 0.0205. The molecule has 0 aliphatic carbocycles. The van der Waals surface area contributed by atoms with Gasteiger partial charge >= 0.3 is 5.97 Å². The fourth-order valence-electron chi connectivity index (χ4n) is 1.95. The van der Waals surface area contributed by atoms with Crippen molar-refractivity contribution in [3.8, 4) is 0 Å². The minimum atomic E-state index is -0.842. The number of non-ortho nitro benzene ring substituents is 1. The summed E-state index contributed by atoms with van der Waals surface area (Å²) >= 11 is 0. The fourth-order valence-corrected chi connectivity index (χ4v) is 1.95. The lowest BCUT2D eigenvalue weighted by molar-refractivity contribution is -0.384. The molecule has 0 bridgehead atoms. The molecule has 128 valence electrons. The topological polar surface area (TPSA) is 116 Å². The van der Waals surface area contributed by atoms with E-state index in [0.29, 0.717) is 11.3 Å². The molecule has 8 nitrogen and oxygen atoms in total. The molecule has 0 aliphatic rings. The number of anilines is 1. The van der Waals surface area contributed by atoms with E-state index in [9.17, 15) is 24.5 Å². The van der Waals surface area contributed by atoms with Crippen LogP contribution in [0.5, 0.6) is 0 Å². The molecule has 25 heavy (non-hydrogen) atoms. The standard InChI is InChI=1S/C17H14N2O6/c1-11(20)12-5-7-14(8-6-12)18-16(21)10-25-17(22)13-3-2-4-15(9-13)19(23)24/h2-9H,10H2,1H3,(H,18,21). The second-order valence-electron chi connectivity index (χ2n) is 5.07. The number of carbonyl (C=O) groups is 3. The molecule has 0 aromatic heterocycles. The van der Waals surface area contributed by atoms with Crippen LogP contribution in [-0.4, -0.2) is 29.2 Å². The SMILES string of the molecule is CC(=O)c1ccc(NC(=O)COC(=O)c2cccc([N+](=O)[O-])c2)cc1. The number of nitrogens with zero attached hydrogens (tertiary/aromatic N) is 1. The second-order valence-corrected chi connectivity index (χ2v) is 5.07. The summed E-state index contributed by atoms with van der Waals surface area (Å²) in [7, 11) is 0. The summed E-state index contributed by atoms with van der Waals surface area (Å²) in [6, 6.07) is 11.3. The van der Waals surface area contributed by atoms with Gasteiger partial charge in [0, 0.05) is 23.4 Å². The van der Waals surface area contributed by atoms with Gasteiger partial charge in [-0.2, -0.15) is 0 Å². The van der Waals surface area contributed by atoms with Crippen molar-refractivity contribution in [2.24, 2.45) is 0 Å². The molecular weight excluding hydrogens is 328 g/mol. The van der Waals surface area contributed by atoms with Crippen molar-refractivity contribution in [2.75, 3.05) is 11.9 Å². The van der Waals surface area contributed by atoms with Crippen LogP contribution in [0.1, 0.15) is 27.6 Å². The first-order valence-electron chi connectivity index (χ1n) is 7.19. The number of carbonyl (C=O) groups excluding carboxylic acids is 3. The van der Waals surface area contributed by atoms with Gasteiger partial charge in [0.25, 0.3) is 11.6 Å². The van der Waals surface area contributed by atoms with Crippen LogP contribution in [-0.2, 0) is 9.53 Å². The number of amides is 1. The van der Waals surface area contributed by atoms with Crippen LogP contribution in [0.15, 0.2) is 48.5 Å². The number of ketones is 1. The smallest absolute Gasteiger partial charge is 0.338 e. The van der Waals surface area contributed by atoms with Crippen LogP contribution in [0.2, 0.25) is 0 Å². The molecular formula is C17H14N2O6. The van der Waals surface area contributed by atoms with Gasteiger partial charge in [-0.3, -0.25) is 19.7 Å². The van der Waals surface area contributed by atoms with E-state index >= 15 is 0 Å². The first kappa shape index (κ1) is 17.8. The third-order valence-electron chi connectivity index (χ3n) is 3.20. The van der Waals surface area contributed by atoms with Gasteiger partial charge in [-0.25, -0.2) is 4.79 Å². The third-order valence-corrected chi connectivity index (χ3v) is 3.20. The Balaban J connectivity index is 1.91. The number of hydrogen-bond donors (Lipinski definition) is 1. The van der Waals surface area contributed by atoms with Crippen molar-refractivity contribution in [1.82, 2.24) is 0 Å². The largest absolute Gasteiger partial charge is 0.452 e. The molecule has 8 heteroatoms. The van der Waals surface area contributed by atoms with Crippen LogP contribution in [0.4, 0.5) is 11.4 Å². The molecule has 0 unspecified atom stereocenters. The van der Waals surface area contributed by atoms with E-state index in [2.05, 4.69) is 5.32 Å². The quantitative estimate of drug-likeness (QED) is 0.373. The van der Waals surface area contributed by atoms with Gasteiger partial charge in [-0.05, 0) is 37.3 Å². The number of nitrogens with one attached hydrogen (secondary N) is 1. The Bertz CT molecular complexity index is 829. The Morgan fingerprint density at radius 1 is 1.08 bits per heavy atom. The summed E-state index contributed by atoms with van der Waals surface area (Å²) in [5.41, 5.74) is 0.689. The van der Waals surface area contributed by atoms with Gasteiger partial charge in [0.15, 0.2) is 12.4 Å². The number of hydrogen-bond acceptors (Lipinski definition) is 6. The lowest BCUT2D eigenvalue weighted by atomic mass is 10.1. The molecule has 0 atom stereocenters. The molecule has 0 heterocycles. The van der Waals surface area contributed by atoms with Gasteiger partial charge < -0.3 is 10.1 Å². The zero-order valence-electron chi connectivity index (χ0n) is 13.2. The average Bonchev–Trinajstić information content (AvgIpc) is 2.60. The fraction of sp³-hybridized carbons (Fsp3) is 0.118. The van der Waals surface area contributed by atoms with Crippen molar-refractivity contribution >= 4 is 29.0 Å². The highest BCUT2D eigenvalue weighted by molar-refractivity contribution is 5.97. The molecule has 0 aliphatic heterocycles. The lowest BCUT2D eigenvalue weighted by Gasteiger charge is -2.07. The van der Waals surface area contributed by atoms with E-state index in [-0.39, 0.29) is 17.0 Å². The van der Waals surface area contributed by atoms with Gasteiger partial charge in [-0.1, -0.05) is 6.07 Å². The van der Waals surface area contributed by atoms with Crippen LogP contribution in [0.3, 0.4) is 0 Å². The van der Waals surface area contributed by atoms with Gasteiger partial charge in [0.1, 0.15) is 0 Å². The summed E-state index contributed by atoms with van der Waals surface area (Å²) in [5, 5.41) is 13.2. The lowest BCUT2D eigenvalue weighted by Crippen LogP contribution is -2.21. The van der Waals surface area contributed by atoms with Gasteiger partial charge in [-0.15, -0.1) is 0 Å². The zero-order chi connectivity index (χ0) is 18.4. The van der Waals surface area contributed by atoms with Crippen molar-refractivity contribution < 1.29 is 24.0 Å². The Morgan fingerprint density at radius 3 is 2.36 bits per heavy atom. The summed E-state index contributed by atoms with van der Waals surface area (Å²) in [4.78, 5) is 44.8. The zero-order valence-corrected chi connectivity index (χ0v) is 13.2. The Hall–Kier alpha value is -3.55. The Kier molecular flexibility index (Phi) is 5.57. The van der Waals surface area contributed by atoms with E-state index in [1.165, 1.54) is 25.1 Å². The molecule has 1 amide bonds. The first-order valence-corrected chi connectivity index (χ1v) is 7.19. The average molecular weight is 342 g/mol. The van der Waals surface area contributed by atoms with Gasteiger partial charge in [0.05, 0.1) is 10.5 Å². The van der Waals surface area contributed by atoms with Crippen LogP contribution in [0, 0.1) is 10.1 Å². The predicted octanol–water partition coefficient (Wildman–Crippen LogP) is 2.59. The second kappa shape index (κ2) is 7.82. The predicted molar refractivity (Wildman–Crippen MR) is 88.5 cm³/mol. The molecule has 0 radical (unpaired) electrons. The first-order chi connectivity index (χ1) is 11.9. The summed E-state index contributed by atoms with van der Waals surface area (Å²) < 4.78 is 4.83. The highest BCUT2D eigenvalue weighted by atomic mass is 16.6. The molecule has 0 saturated carbocycles. The molecule has 0 fully saturated rings. The van der Waals surface area contributed by atoms with Gasteiger partial charge in [0.2, 0.25) is 0 Å². The maximum atomic E-state index is 11.8. The summed E-state index contributed by atoms with van der Waals surface area (Å²) in [6.07, 6.45) is 0. The molecule has 1 N–H and O–H groups in total. The maximum Gasteiger partial charge on any atom is 0.338 e. The number of benzene rings is 2. The van der Waals surface area contributed by atoms with Crippen LogP contribution >= 0.6 is 0 Å².